The molecule has 172 valence electrons. The first-order chi connectivity index (χ1) is 15.1. The van der Waals surface area contributed by atoms with Crippen LogP contribution in [0.4, 0.5) is 4.79 Å². The van der Waals surface area contributed by atoms with Gasteiger partial charge in [-0.25, -0.2) is 9.59 Å². The molecular weight excluding hydrogens is 404 g/mol. The van der Waals surface area contributed by atoms with Crippen molar-refractivity contribution >= 4 is 12.1 Å². The minimum atomic E-state index is -1.04. The molecule has 0 saturated heterocycles. The average Bonchev–Trinajstić information content (AvgIpc) is 3.03. The zero-order chi connectivity index (χ0) is 23.5. The highest BCUT2D eigenvalue weighted by Crippen LogP contribution is 2.44. The van der Waals surface area contributed by atoms with Crippen molar-refractivity contribution in [3.63, 3.8) is 0 Å². The van der Waals surface area contributed by atoms with Gasteiger partial charge >= 0.3 is 12.1 Å². The van der Waals surface area contributed by atoms with Crippen molar-refractivity contribution in [1.82, 2.24) is 5.32 Å². The summed E-state index contributed by atoms with van der Waals surface area (Å²) >= 11 is 0. The summed E-state index contributed by atoms with van der Waals surface area (Å²) in [6.07, 6.45) is 0.818. The van der Waals surface area contributed by atoms with Crippen LogP contribution in [-0.4, -0.2) is 62.0 Å². The van der Waals surface area contributed by atoms with Crippen LogP contribution in [0.3, 0.4) is 0 Å². The minimum absolute atomic E-state index is 0.0651. The first-order valence-corrected chi connectivity index (χ1v) is 11.2. The molecule has 0 aromatic heterocycles. The first-order valence-electron chi connectivity index (χ1n) is 11.2. The summed E-state index contributed by atoms with van der Waals surface area (Å²) in [6, 6.07) is 15.2. The van der Waals surface area contributed by atoms with E-state index in [0.29, 0.717) is 17.4 Å². The quantitative estimate of drug-likeness (QED) is 0.565. The third-order valence-electron chi connectivity index (χ3n) is 6.21. The molecule has 0 bridgehead atoms. The Hall–Kier alpha value is -2.86. The van der Waals surface area contributed by atoms with Crippen molar-refractivity contribution in [2.45, 2.75) is 38.6 Å². The first kappa shape index (κ1) is 23.8. The van der Waals surface area contributed by atoms with E-state index in [2.05, 4.69) is 29.6 Å². The maximum Gasteiger partial charge on any atom is 0.407 e. The zero-order valence-electron chi connectivity index (χ0n) is 19.7. The number of benzene rings is 2. The number of aliphatic carboxylic acids is 1. The summed E-state index contributed by atoms with van der Waals surface area (Å²) in [6.45, 7) is 4.73. The van der Waals surface area contributed by atoms with Gasteiger partial charge in [0, 0.05) is 11.3 Å². The molecule has 6 nitrogen and oxygen atoms in total. The van der Waals surface area contributed by atoms with E-state index < -0.39 is 23.5 Å². The van der Waals surface area contributed by atoms with Crippen molar-refractivity contribution in [2.75, 3.05) is 34.3 Å². The number of hydrogen-bond donors (Lipinski definition) is 2. The van der Waals surface area contributed by atoms with Crippen LogP contribution in [0.2, 0.25) is 0 Å². The van der Waals surface area contributed by atoms with Crippen LogP contribution in [0.5, 0.6) is 0 Å². The van der Waals surface area contributed by atoms with E-state index in [4.69, 9.17) is 4.74 Å². The predicted octanol–water partition coefficient (Wildman–Crippen LogP) is 4.49. The van der Waals surface area contributed by atoms with Crippen molar-refractivity contribution in [1.29, 1.82) is 0 Å². The van der Waals surface area contributed by atoms with Crippen LogP contribution >= 0.6 is 0 Å². The van der Waals surface area contributed by atoms with E-state index in [1.165, 1.54) is 0 Å². The summed E-state index contributed by atoms with van der Waals surface area (Å²) in [5.74, 6) is -1.10. The van der Waals surface area contributed by atoms with Gasteiger partial charge in [0.2, 0.25) is 0 Å². The van der Waals surface area contributed by atoms with Crippen LogP contribution in [0.25, 0.3) is 11.1 Å². The van der Waals surface area contributed by atoms with Gasteiger partial charge in [-0.1, -0.05) is 68.8 Å². The lowest BCUT2D eigenvalue weighted by Crippen LogP contribution is -2.58. The van der Waals surface area contributed by atoms with E-state index in [0.717, 1.165) is 28.7 Å². The van der Waals surface area contributed by atoms with Crippen molar-refractivity contribution in [2.24, 2.45) is 5.41 Å². The van der Waals surface area contributed by atoms with Crippen LogP contribution < -0.4 is 5.32 Å². The van der Waals surface area contributed by atoms with E-state index in [1.54, 1.807) is 0 Å². The molecule has 0 heterocycles. The fourth-order valence-corrected chi connectivity index (χ4v) is 5.26. The lowest BCUT2D eigenvalue weighted by Gasteiger charge is -2.40. The molecule has 0 spiro atoms. The highest BCUT2D eigenvalue weighted by molar-refractivity contribution is 5.81. The van der Waals surface area contributed by atoms with E-state index in [1.807, 2.05) is 59.3 Å². The number of nitrogens with zero attached hydrogens (tertiary/aromatic N) is 1. The zero-order valence-corrected chi connectivity index (χ0v) is 19.7. The molecule has 32 heavy (non-hydrogen) atoms. The van der Waals surface area contributed by atoms with E-state index in [-0.39, 0.29) is 12.5 Å². The predicted molar refractivity (Wildman–Crippen MR) is 126 cm³/mol. The van der Waals surface area contributed by atoms with Gasteiger partial charge in [-0.05, 0) is 28.7 Å². The number of quaternary nitrogens is 1. The lowest BCUT2D eigenvalue weighted by molar-refractivity contribution is -0.877. The lowest BCUT2D eigenvalue weighted by atomic mass is 9.77. The normalized spacial score (nSPS) is 15.9. The molecule has 2 aromatic rings. The molecule has 2 atom stereocenters. The third-order valence-corrected chi connectivity index (χ3v) is 6.21. The van der Waals surface area contributed by atoms with Gasteiger partial charge in [-0.15, -0.1) is 0 Å². The molecule has 2 aromatic carbocycles. The molecular formula is C26H35N2O4+. The third kappa shape index (κ3) is 5.13. The topological polar surface area (TPSA) is 75.6 Å². The van der Waals surface area contributed by atoms with Crippen molar-refractivity contribution < 1.29 is 23.9 Å². The Morgan fingerprint density at radius 1 is 1.06 bits per heavy atom. The van der Waals surface area contributed by atoms with Crippen molar-refractivity contribution in [3.8, 4) is 11.1 Å². The molecule has 1 aliphatic rings. The smallest absolute Gasteiger partial charge is 0.407 e. The van der Waals surface area contributed by atoms with Gasteiger partial charge in [-0.3, -0.25) is 0 Å². The summed E-state index contributed by atoms with van der Waals surface area (Å²) in [7, 11) is 6.08. The Balaban J connectivity index is 1.75. The number of nitrogens with one attached hydrogen (secondary N) is 1. The fourth-order valence-electron chi connectivity index (χ4n) is 5.26. The maximum absolute atomic E-state index is 12.8. The maximum atomic E-state index is 12.8. The summed E-state index contributed by atoms with van der Waals surface area (Å²) in [4.78, 5) is 24.9. The van der Waals surface area contributed by atoms with Crippen LogP contribution in [-0.2, 0) is 9.53 Å². The number of ether oxygens (including phenoxy) is 1. The highest BCUT2D eigenvalue weighted by Gasteiger charge is 2.44. The standard InChI is InChI=1S/C26H34N2O4/c1-6-15-26(2,17-28(3,4)5)23(24(29)30)27-25(31)32-16-22-20-13-9-7-11-18(20)19-12-8-10-14-21(19)22/h7-14,22-23H,6,15-17H2,1-5H3,(H-,27,29,30,31)/p+1/t23-,26-/m1/s1. The van der Waals surface area contributed by atoms with Crippen molar-refractivity contribution in [3.05, 3.63) is 59.7 Å². The average molecular weight is 440 g/mol. The van der Waals surface area contributed by atoms with Gasteiger partial charge in [0.05, 0.1) is 27.7 Å². The molecule has 0 unspecified atom stereocenters. The fraction of sp³-hybridized carbons (Fsp3) is 0.462. The minimum Gasteiger partial charge on any atom is -0.480 e. The highest BCUT2D eigenvalue weighted by atomic mass is 16.5. The van der Waals surface area contributed by atoms with Crippen LogP contribution in [0, 0.1) is 5.41 Å². The molecule has 0 saturated carbocycles. The van der Waals surface area contributed by atoms with Gasteiger partial charge < -0.3 is 19.6 Å². The monoisotopic (exact) mass is 439 g/mol. The molecule has 0 radical (unpaired) electrons. The number of amides is 1. The summed E-state index contributed by atoms with van der Waals surface area (Å²) in [5, 5.41) is 12.6. The second-order valence-corrected chi connectivity index (χ2v) is 10.1. The summed E-state index contributed by atoms with van der Waals surface area (Å²) < 4.78 is 6.21. The van der Waals surface area contributed by atoms with Gasteiger partial charge in [0.25, 0.3) is 0 Å². The number of carbonyl (C=O) groups excluding carboxylic acids is 1. The molecule has 1 aliphatic carbocycles. The molecule has 6 heteroatoms. The Kier molecular flexibility index (Phi) is 6.94. The Labute approximate surface area is 190 Å². The largest absolute Gasteiger partial charge is 0.480 e. The number of rotatable bonds is 9. The second kappa shape index (κ2) is 9.33. The van der Waals surface area contributed by atoms with Crippen LogP contribution in [0.15, 0.2) is 48.5 Å². The number of fused-ring (bicyclic) bond motifs is 3. The number of carboxylic acid groups (broad SMARTS) is 1. The van der Waals surface area contributed by atoms with Crippen LogP contribution in [0.1, 0.15) is 43.7 Å². The van der Waals surface area contributed by atoms with Gasteiger partial charge in [-0.2, -0.15) is 0 Å². The Bertz CT molecular complexity index is 936. The molecule has 0 fully saturated rings. The summed E-state index contributed by atoms with van der Waals surface area (Å²) in [5.41, 5.74) is 3.94. The van der Waals surface area contributed by atoms with Gasteiger partial charge in [0.15, 0.2) is 0 Å². The Morgan fingerprint density at radius 3 is 2.06 bits per heavy atom. The number of alkyl carbamates (subject to hydrolysis) is 1. The second-order valence-electron chi connectivity index (χ2n) is 10.1. The molecule has 0 aliphatic heterocycles. The number of hydrogen-bond acceptors (Lipinski definition) is 3. The molecule has 2 N–H and O–H groups in total. The van der Waals surface area contributed by atoms with E-state index >= 15 is 0 Å². The number of carboxylic acids is 1. The molecule has 1 amide bonds. The van der Waals surface area contributed by atoms with Gasteiger partial charge in [0.1, 0.15) is 12.6 Å². The Morgan fingerprint density at radius 2 is 1.59 bits per heavy atom. The SMILES string of the molecule is CCC[C@](C)(C[N+](C)(C)C)[C@H](NC(=O)OCC1c2ccccc2-c2ccccc21)C(=O)O. The number of carbonyl (C=O) groups is 2. The molecule has 3 rings (SSSR count). The van der Waals surface area contributed by atoms with E-state index in [9.17, 15) is 14.7 Å².